The topological polar surface area (TPSA) is 104 Å². The van der Waals surface area contributed by atoms with Gasteiger partial charge in [-0.05, 0) is 170 Å². The molecule has 8 rings (SSSR count). The predicted molar refractivity (Wildman–Crippen MR) is 276 cm³/mol. The number of hydrogen-bond acceptors (Lipinski definition) is 4. The largest absolute Gasteiger partial charge is 0.398 e. The zero-order valence-electron chi connectivity index (χ0n) is 40.3. The molecule has 0 aromatic heterocycles. The van der Waals surface area contributed by atoms with E-state index in [9.17, 15) is 0 Å². The summed E-state index contributed by atoms with van der Waals surface area (Å²) in [5, 5.41) is 0. The molecule has 348 valence electrons. The van der Waals surface area contributed by atoms with Crippen LogP contribution >= 0.6 is 0 Å². The third-order valence-electron chi connectivity index (χ3n) is 17.3. The van der Waals surface area contributed by atoms with Crippen LogP contribution in [0.25, 0.3) is 11.6 Å². The Hall–Kier alpha value is -3.60. The molecule has 0 heterocycles. The highest BCUT2D eigenvalue weighted by Gasteiger charge is 2.33. The molecule has 2 aromatic rings. The Morgan fingerprint density at radius 3 is 1.59 bits per heavy atom. The first-order valence-corrected chi connectivity index (χ1v) is 26.6. The van der Waals surface area contributed by atoms with Crippen LogP contribution in [0.3, 0.4) is 0 Å². The van der Waals surface area contributed by atoms with Crippen LogP contribution in [-0.2, 0) is 0 Å². The van der Waals surface area contributed by atoms with Gasteiger partial charge in [0.25, 0.3) is 0 Å². The van der Waals surface area contributed by atoms with E-state index in [1.54, 1.807) is 0 Å². The van der Waals surface area contributed by atoms with E-state index in [-0.39, 0.29) is 12.1 Å². The molecule has 2 unspecified atom stereocenters. The van der Waals surface area contributed by atoms with Gasteiger partial charge in [0, 0.05) is 23.0 Å². The Labute approximate surface area is 390 Å². The van der Waals surface area contributed by atoms with Crippen LogP contribution in [0.2, 0.25) is 0 Å². The lowest BCUT2D eigenvalue weighted by Gasteiger charge is -2.38. The maximum atomic E-state index is 6.37. The second-order valence-corrected chi connectivity index (χ2v) is 21.4. The highest BCUT2D eigenvalue weighted by atomic mass is 14.7. The molecule has 0 saturated heterocycles. The molecule has 4 fully saturated rings. The minimum absolute atomic E-state index is 0.110. The lowest BCUT2D eigenvalue weighted by atomic mass is 9.68. The molecular weight excluding hydrogens is 777 g/mol. The molecule has 0 amide bonds. The highest BCUT2D eigenvalue weighted by molar-refractivity contribution is 5.81. The highest BCUT2D eigenvalue weighted by Crippen LogP contribution is 2.46. The van der Waals surface area contributed by atoms with Crippen molar-refractivity contribution in [3.63, 3.8) is 0 Å². The van der Waals surface area contributed by atoms with Gasteiger partial charge in [0.1, 0.15) is 0 Å². The van der Waals surface area contributed by atoms with Crippen LogP contribution in [0.5, 0.6) is 0 Å². The van der Waals surface area contributed by atoms with E-state index in [1.807, 2.05) is 24.3 Å². The van der Waals surface area contributed by atoms with E-state index in [4.69, 9.17) is 22.9 Å². The lowest BCUT2D eigenvalue weighted by molar-refractivity contribution is 0.155. The minimum atomic E-state index is -0.163. The van der Waals surface area contributed by atoms with E-state index in [0.29, 0.717) is 11.8 Å². The Balaban J connectivity index is 0.000000191. The fraction of sp³-hybridized carbons (Fsp3) is 0.600. The van der Waals surface area contributed by atoms with Crippen molar-refractivity contribution in [1.29, 1.82) is 0 Å². The van der Waals surface area contributed by atoms with Crippen molar-refractivity contribution in [2.45, 2.75) is 192 Å². The predicted octanol–water partition coefficient (Wildman–Crippen LogP) is 14.9. The first kappa shape index (κ1) is 48.3. The number of nitrogens with two attached hydrogens (primary N) is 4. The summed E-state index contributed by atoms with van der Waals surface area (Å²) >= 11 is 0. The van der Waals surface area contributed by atoms with Gasteiger partial charge in [-0.1, -0.05) is 170 Å². The van der Waals surface area contributed by atoms with Gasteiger partial charge in [-0.25, -0.2) is 0 Å². The molecule has 0 aliphatic heterocycles. The number of unbranched alkanes of at least 4 members (excludes halogenated alkanes) is 4. The Kier molecular flexibility index (Phi) is 18.3. The normalized spacial score (nSPS) is 31.7. The summed E-state index contributed by atoms with van der Waals surface area (Å²) in [5.41, 5.74) is 34.7. The summed E-state index contributed by atoms with van der Waals surface area (Å²) in [7, 11) is 0. The number of benzene rings is 2. The molecular formula is C60H88N4. The van der Waals surface area contributed by atoms with Crippen molar-refractivity contribution < 1.29 is 0 Å². The molecule has 6 aliphatic rings. The first-order valence-electron chi connectivity index (χ1n) is 26.6. The van der Waals surface area contributed by atoms with Crippen molar-refractivity contribution in [3.05, 3.63) is 130 Å². The monoisotopic (exact) mass is 865 g/mol. The second kappa shape index (κ2) is 24.3. The van der Waals surface area contributed by atoms with Crippen LogP contribution in [0.15, 0.2) is 108 Å². The average Bonchev–Trinajstić information content (AvgIpc) is 3.33. The van der Waals surface area contributed by atoms with E-state index >= 15 is 0 Å². The molecule has 2 atom stereocenters. The molecule has 4 nitrogen and oxygen atoms in total. The van der Waals surface area contributed by atoms with Gasteiger partial charge in [0.05, 0.1) is 6.04 Å². The summed E-state index contributed by atoms with van der Waals surface area (Å²) < 4.78 is 0. The van der Waals surface area contributed by atoms with Crippen LogP contribution in [0, 0.1) is 35.5 Å². The quantitative estimate of drug-likeness (QED) is 0.142. The second-order valence-electron chi connectivity index (χ2n) is 21.4. The number of rotatable bonds is 14. The Morgan fingerprint density at radius 1 is 0.578 bits per heavy atom. The Bertz CT molecular complexity index is 1930. The molecule has 0 bridgehead atoms. The van der Waals surface area contributed by atoms with Gasteiger partial charge in [0.2, 0.25) is 0 Å². The van der Waals surface area contributed by atoms with E-state index in [2.05, 4.69) is 81.1 Å². The third-order valence-corrected chi connectivity index (χ3v) is 17.3. The maximum absolute atomic E-state index is 6.37. The average molecular weight is 865 g/mol. The molecule has 64 heavy (non-hydrogen) atoms. The first-order chi connectivity index (χ1) is 31.2. The molecule has 6 aliphatic carbocycles. The van der Waals surface area contributed by atoms with Crippen LogP contribution < -0.4 is 22.9 Å². The van der Waals surface area contributed by atoms with Crippen LogP contribution in [0.1, 0.15) is 202 Å². The van der Waals surface area contributed by atoms with Crippen molar-refractivity contribution in [3.8, 4) is 0 Å². The van der Waals surface area contributed by atoms with Gasteiger partial charge in [-0.2, -0.15) is 0 Å². The van der Waals surface area contributed by atoms with E-state index < -0.39 is 0 Å². The fourth-order valence-electron chi connectivity index (χ4n) is 13.0. The molecule has 0 spiro atoms. The summed E-state index contributed by atoms with van der Waals surface area (Å²) in [6, 6.07) is 17.9. The summed E-state index contributed by atoms with van der Waals surface area (Å²) in [4.78, 5) is 0. The molecule has 2 aromatic carbocycles. The lowest BCUT2D eigenvalue weighted by Crippen LogP contribution is -2.26. The Morgan fingerprint density at radius 2 is 1.08 bits per heavy atom. The third kappa shape index (κ3) is 13.1. The van der Waals surface area contributed by atoms with Crippen molar-refractivity contribution in [1.82, 2.24) is 0 Å². The van der Waals surface area contributed by atoms with Gasteiger partial charge in [0.15, 0.2) is 0 Å². The molecule has 4 heteroatoms. The standard InChI is InChI=1S/2C30H44N2/c1-3-4-5-7-22-10-12-23(13-11-22)24-14-16-25(17-15-24)26-8-6-9-27(20-26)28-18-19-29(31)21(2)30(28)32;1-2-3-4-7-22-12-14-24(15-13-22)25-16-18-26(19-17-25)27-9-5-8-23(20-27)21-28-29(31)10-6-11-30(28)32/h6,8-9,18-20,22-25,29H,2-5,7,10-17,31-32H2,1H3;5-6,8-11,20-22,24-26,29H,2-4,7,12-19,31-32H2,1H3. The van der Waals surface area contributed by atoms with Gasteiger partial charge >= 0.3 is 0 Å². The zero-order chi connectivity index (χ0) is 44.8. The van der Waals surface area contributed by atoms with Crippen molar-refractivity contribution >= 4 is 11.6 Å². The van der Waals surface area contributed by atoms with Gasteiger partial charge < -0.3 is 22.9 Å². The van der Waals surface area contributed by atoms with Crippen molar-refractivity contribution in [2.24, 2.45) is 58.4 Å². The number of hydrogen-bond donors (Lipinski definition) is 4. The van der Waals surface area contributed by atoms with E-state index in [0.717, 1.165) is 63.6 Å². The molecule has 4 saturated carbocycles. The summed E-state index contributed by atoms with van der Waals surface area (Å²) in [5.74, 6) is 7.41. The van der Waals surface area contributed by atoms with Crippen LogP contribution in [-0.4, -0.2) is 12.1 Å². The van der Waals surface area contributed by atoms with Gasteiger partial charge in [-0.15, -0.1) is 0 Å². The van der Waals surface area contributed by atoms with Crippen LogP contribution in [0.4, 0.5) is 0 Å². The molecule has 8 N–H and O–H groups in total. The van der Waals surface area contributed by atoms with E-state index in [1.165, 1.54) is 176 Å². The minimum Gasteiger partial charge on any atom is -0.398 e. The maximum Gasteiger partial charge on any atom is 0.0504 e. The fourth-order valence-corrected chi connectivity index (χ4v) is 13.0. The summed E-state index contributed by atoms with van der Waals surface area (Å²) in [6.07, 6.45) is 46.6. The number of allylic oxidation sites excluding steroid dienone is 4. The van der Waals surface area contributed by atoms with Gasteiger partial charge in [-0.3, -0.25) is 0 Å². The van der Waals surface area contributed by atoms with Crippen molar-refractivity contribution in [2.75, 3.05) is 0 Å². The zero-order valence-corrected chi connectivity index (χ0v) is 40.3. The SMILES string of the molecule is C=C1C(N)=C(c2cccc(C3CCC(C4CCC(CCCCC)CC4)CC3)c2)C=CC1N.CCCCCC1CCC(C2CCC(c3cccc(C=C4C(N)=CC=CC4N)c3)CC2)CC1. The smallest absolute Gasteiger partial charge is 0.0504 e. The summed E-state index contributed by atoms with van der Waals surface area (Å²) in [6.45, 7) is 8.71. The molecule has 0 radical (unpaired) electrons.